The van der Waals surface area contributed by atoms with Crippen LogP contribution in [0.25, 0.3) is 11.3 Å². The van der Waals surface area contributed by atoms with Gasteiger partial charge in [0.25, 0.3) is 0 Å². The van der Waals surface area contributed by atoms with Gasteiger partial charge in [0.1, 0.15) is 0 Å². The first kappa shape index (κ1) is 23.5. The Morgan fingerprint density at radius 1 is 1.03 bits per heavy atom. The van der Waals surface area contributed by atoms with Gasteiger partial charge in [0.15, 0.2) is 0 Å². The third-order valence-corrected chi connectivity index (χ3v) is 6.19. The van der Waals surface area contributed by atoms with Crippen LogP contribution in [0.15, 0.2) is 78.3 Å². The molecule has 0 atom stereocenters. The van der Waals surface area contributed by atoms with E-state index >= 15 is 0 Å². The van der Waals surface area contributed by atoms with E-state index in [9.17, 15) is 8.78 Å². The lowest BCUT2D eigenvalue weighted by Crippen LogP contribution is -2.04. The first-order valence-corrected chi connectivity index (χ1v) is 12.7. The molecule has 3 heterocycles. The van der Waals surface area contributed by atoms with Crippen LogP contribution >= 0.6 is 20.7 Å². The normalized spacial score (nSPS) is 11.5. The van der Waals surface area contributed by atoms with E-state index in [0.717, 1.165) is 17.0 Å². The molecule has 0 aliphatic rings. The highest BCUT2D eigenvalue weighted by molar-refractivity contribution is 14.2. The van der Waals surface area contributed by atoms with Gasteiger partial charge in [-0.1, -0.05) is 16.6 Å². The minimum Gasteiger partial charge on any atom is -0.354 e. The molecular weight excluding hydrogens is 551 g/mol. The Labute approximate surface area is 205 Å². The summed E-state index contributed by atoms with van der Waals surface area (Å²) in [7, 11) is 0. The Morgan fingerprint density at radius 3 is 2.65 bits per heavy atom. The molecule has 2 N–H and O–H groups in total. The molecule has 0 aliphatic carbocycles. The smallest absolute Gasteiger partial charge is 0.316 e. The summed E-state index contributed by atoms with van der Waals surface area (Å²) in [5, 5.41) is 7.25. The number of halogens is 3. The molecule has 10 heteroatoms. The maximum atomic E-state index is 13.9. The topological polar surface area (TPSA) is 88.0 Å². The van der Waals surface area contributed by atoms with Gasteiger partial charge in [-0.15, -0.1) is 0 Å². The molecule has 0 spiro atoms. The highest BCUT2D eigenvalue weighted by Gasteiger charge is 2.27. The van der Waals surface area contributed by atoms with Gasteiger partial charge in [-0.05, 0) is 70.1 Å². The lowest BCUT2D eigenvalue weighted by Gasteiger charge is -2.13. The van der Waals surface area contributed by atoms with E-state index in [0.29, 0.717) is 23.0 Å². The van der Waals surface area contributed by atoms with Crippen LogP contribution in [0.1, 0.15) is 17.0 Å². The Morgan fingerprint density at radius 2 is 1.91 bits per heavy atom. The minimum absolute atomic E-state index is 0.0341. The summed E-state index contributed by atoms with van der Waals surface area (Å²) in [5.74, 6) is 0.356. The van der Waals surface area contributed by atoms with Crippen molar-refractivity contribution in [3.05, 3.63) is 90.1 Å². The zero-order valence-electron chi connectivity index (χ0n) is 18.1. The molecule has 0 saturated carbocycles. The number of rotatable bonds is 8. The maximum Gasteiger partial charge on any atom is 0.316 e. The van der Waals surface area contributed by atoms with Gasteiger partial charge in [-0.3, -0.25) is 9.97 Å². The van der Waals surface area contributed by atoms with E-state index < -0.39 is 24.7 Å². The molecule has 0 saturated heterocycles. The molecule has 4 rings (SSSR count). The van der Waals surface area contributed by atoms with Crippen LogP contribution < -0.4 is 10.7 Å². The van der Waals surface area contributed by atoms with Gasteiger partial charge in [0.2, 0.25) is 5.95 Å². The second kappa shape index (κ2) is 10.5. The zero-order valence-corrected chi connectivity index (χ0v) is 20.2. The van der Waals surface area contributed by atoms with Crippen molar-refractivity contribution in [3.8, 4) is 11.3 Å². The van der Waals surface area contributed by atoms with Crippen molar-refractivity contribution in [1.82, 2.24) is 19.9 Å². The van der Waals surface area contributed by atoms with Crippen molar-refractivity contribution < 1.29 is 8.78 Å². The number of hydrogen-bond acceptors (Lipinski definition) is 7. The molecule has 0 amide bonds. The number of hydrogen-bond donors (Lipinski definition) is 2. The molecule has 1 aromatic carbocycles. The number of aryl methyl sites for hydroxylation is 1. The molecule has 0 aliphatic heterocycles. The summed E-state index contributed by atoms with van der Waals surface area (Å²) in [6.45, 7) is 1.88. The molecule has 0 unspecified atom stereocenters. The summed E-state index contributed by atoms with van der Waals surface area (Å²) < 4.78 is 28.5. The number of benzene rings is 1. The van der Waals surface area contributed by atoms with E-state index in [2.05, 4.69) is 40.3 Å². The Balaban J connectivity index is 1.41. The average Bonchev–Trinajstić information content (AvgIpc) is 2.85. The van der Waals surface area contributed by atoms with Crippen LogP contribution in [0.5, 0.6) is 0 Å². The van der Waals surface area contributed by atoms with Crippen LogP contribution in [0.4, 0.5) is 26.1 Å². The van der Waals surface area contributed by atoms with E-state index in [-0.39, 0.29) is 5.56 Å². The van der Waals surface area contributed by atoms with Crippen molar-refractivity contribution in [2.45, 2.75) is 10.9 Å². The van der Waals surface area contributed by atoms with Crippen LogP contribution in [0.3, 0.4) is 0 Å². The van der Waals surface area contributed by atoms with Crippen molar-refractivity contribution in [2.24, 2.45) is 5.10 Å². The van der Waals surface area contributed by atoms with E-state index in [1.165, 1.54) is 18.3 Å². The molecule has 34 heavy (non-hydrogen) atoms. The van der Waals surface area contributed by atoms with Crippen LogP contribution in [-0.4, -0.2) is 30.7 Å². The first-order valence-electron chi connectivity index (χ1n) is 10.1. The summed E-state index contributed by atoms with van der Waals surface area (Å²) in [6, 6.07) is 15.4. The quantitative estimate of drug-likeness (QED) is 0.119. The molecule has 0 bridgehead atoms. The molecule has 3 aromatic heterocycles. The molecule has 0 fully saturated rings. The lowest BCUT2D eigenvalue weighted by atomic mass is 10.2. The fraction of sp³-hybridized carbons (Fsp3) is 0.0833. The second-order valence-electron chi connectivity index (χ2n) is 7.14. The summed E-state index contributed by atoms with van der Waals surface area (Å²) in [5.41, 5.74) is 7.02. The van der Waals surface area contributed by atoms with Crippen molar-refractivity contribution in [1.29, 1.82) is 0 Å². The van der Waals surface area contributed by atoms with Crippen molar-refractivity contribution in [3.63, 3.8) is 0 Å². The van der Waals surface area contributed by atoms with Gasteiger partial charge in [0.05, 0.1) is 29.5 Å². The lowest BCUT2D eigenvalue weighted by molar-refractivity contribution is 0.127. The highest BCUT2D eigenvalue weighted by Crippen LogP contribution is 2.39. The fourth-order valence-electron chi connectivity index (χ4n) is 3.01. The largest absolute Gasteiger partial charge is 0.354 e. The Bertz CT molecular complexity index is 1310. The molecule has 172 valence electrons. The predicted molar refractivity (Wildman–Crippen MR) is 140 cm³/mol. The van der Waals surface area contributed by atoms with Crippen molar-refractivity contribution >= 4 is 48.8 Å². The number of aromatic nitrogens is 4. The summed E-state index contributed by atoms with van der Waals surface area (Å²) in [4.78, 5) is 17.2. The average molecular weight is 571 g/mol. The molecular formula is C24H20F2IN7. The minimum atomic E-state index is -2.86. The first-order chi connectivity index (χ1) is 16.4. The van der Waals surface area contributed by atoms with E-state index in [1.54, 1.807) is 42.9 Å². The number of alkyl halides is 3. The van der Waals surface area contributed by atoms with Gasteiger partial charge < -0.3 is 5.32 Å². The number of pyridine rings is 2. The van der Waals surface area contributed by atoms with Gasteiger partial charge >= 0.3 is 3.93 Å². The Kier molecular flexibility index (Phi) is 7.26. The molecule has 0 radical (unpaired) electrons. The van der Waals surface area contributed by atoms with Gasteiger partial charge in [-0.25, -0.2) is 15.4 Å². The SMILES string of the molecule is C=IC(F)(F)c1cccc(Nc2ccc(/C=N/Nc3nc(C)cc(-c4cccnc4)n3)nc2)c1. The van der Waals surface area contributed by atoms with Gasteiger partial charge in [-0.2, -0.15) is 13.9 Å². The Hall–Kier alpha value is -3.67. The van der Waals surface area contributed by atoms with Crippen LogP contribution in [-0.2, 0) is 3.93 Å². The standard InChI is InChI=1S/C24H20F2IN7/c1-16-11-22(17-5-4-10-28-13-17)33-23(31-16)34-30-15-20-8-9-21(14-29-20)32-19-7-3-6-18(12-19)24(25,26)27-2/h3-15,32H,2H2,1H3,(H,31,33,34)/b30-15+. The highest BCUT2D eigenvalue weighted by atomic mass is 127. The van der Waals surface area contributed by atoms with Crippen molar-refractivity contribution in [2.75, 3.05) is 10.7 Å². The summed E-state index contributed by atoms with van der Waals surface area (Å²) >= 11 is -1.49. The third kappa shape index (κ3) is 6.01. The molecule has 4 aromatic rings. The fourth-order valence-corrected chi connectivity index (χ4v) is 3.79. The zero-order chi connectivity index (χ0) is 24.0. The van der Waals surface area contributed by atoms with Crippen LogP contribution in [0, 0.1) is 6.92 Å². The number of nitrogens with one attached hydrogen (secondary N) is 2. The predicted octanol–water partition coefficient (Wildman–Crippen LogP) is 5.88. The maximum absolute atomic E-state index is 13.9. The number of anilines is 3. The number of nitrogens with zero attached hydrogens (tertiary/aromatic N) is 5. The third-order valence-electron chi connectivity index (χ3n) is 4.61. The van der Waals surface area contributed by atoms with Gasteiger partial charge in [0, 0.05) is 34.9 Å². The van der Waals surface area contributed by atoms with Crippen LogP contribution in [0.2, 0.25) is 0 Å². The molecule has 7 nitrogen and oxygen atoms in total. The second-order valence-corrected chi connectivity index (χ2v) is 9.26. The number of hydrazone groups is 1. The van der Waals surface area contributed by atoms with E-state index in [1.807, 2.05) is 25.1 Å². The summed E-state index contributed by atoms with van der Waals surface area (Å²) in [6.07, 6.45) is 6.58. The van der Waals surface area contributed by atoms with E-state index in [4.69, 9.17) is 0 Å². The monoisotopic (exact) mass is 571 g/mol.